The number of carbonyl (C=O) groups is 1. The number of nitrogens with zero attached hydrogens (tertiary/aromatic N) is 2. The number of aromatic nitrogens is 1. The molecule has 1 atom stereocenters. The quantitative estimate of drug-likeness (QED) is 0.820. The molecule has 0 radical (unpaired) electrons. The van der Waals surface area contributed by atoms with E-state index in [1.807, 2.05) is 19.1 Å². The van der Waals surface area contributed by atoms with Gasteiger partial charge >= 0.3 is 0 Å². The van der Waals surface area contributed by atoms with Gasteiger partial charge in [-0.05, 0) is 45.2 Å². The van der Waals surface area contributed by atoms with Gasteiger partial charge in [-0.2, -0.15) is 0 Å². The summed E-state index contributed by atoms with van der Waals surface area (Å²) < 4.78 is 5.60. The van der Waals surface area contributed by atoms with Gasteiger partial charge in [0.15, 0.2) is 17.4 Å². The highest BCUT2D eigenvalue weighted by molar-refractivity contribution is 5.85. The van der Waals surface area contributed by atoms with Crippen molar-refractivity contribution < 1.29 is 9.53 Å². The van der Waals surface area contributed by atoms with Crippen LogP contribution < -0.4 is 9.64 Å². The number of hydrogen-bond donors (Lipinski definition) is 0. The van der Waals surface area contributed by atoms with Gasteiger partial charge < -0.3 is 9.64 Å². The highest BCUT2D eigenvalue weighted by atomic mass is 16.5. The third-order valence-electron chi connectivity index (χ3n) is 3.29. The fraction of sp³-hybridized carbons (Fsp3) is 0.571. The van der Waals surface area contributed by atoms with E-state index in [2.05, 4.69) is 9.88 Å². The molecule has 0 aromatic carbocycles. The van der Waals surface area contributed by atoms with Crippen molar-refractivity contribution in [3.63, 3.8) is 0 Å². The zero-order valence-electron chi connectivity index (χ0n) is 11.1. The zero-order chi connectivity index (χ0) is 13.0. The number of rotatable bonds is 4. The summed E-state index contributed by atoms with van der Waals surface area (Å²) in [6.07, 6.45) is 4.88. The minimum Gasteiger partial charge on any atom is -0.490 e. The van der Waals surface area contributed by atoms with Crippen LogP contribution in [0.4, 0.5) is 5.82 Å². The van der Waals surface area contributed by atoms with Crippen molar-refractivity contribution in [3.8, 4) is 5.75 Å². The van der Waals surface area contributed by atoms with E-state index in [4.69, 9.17) is 4.74 Å². The molecule has 98 valence electrons. The number of hydrogen-bond acceptors (Lipinski definition) is 4. The van der Waals surface area contributed by atoms with Crippen molar-refractivity contribution in [2.75, 3.05) is 18.1 Å². The number of pyridine rings is 1. The van der Waals surface area contributed by atoms with Gasteiger partial charge in [0.05, 0.1) is 12.6 Å². The van der Waals surface area contributed by atoms with E-state index in [0.29, 0.717) is 6.61 Å². The maximum absolute atomic E-state index is 11.7. The van der Waals surface area contributed by atoms with Crippen LogP contribution in [0.25, 0.3) is 0 Å². The Hall–Kier alpha value is -1.58. The van der Waals surface area contributed by atoms with Gasteiger partial charge in [0.25, 0.3) is 0 Å². The van der Waals surface area contributed by atoms with Crippen molar-refractivity contribution in [2.45, 2.75) is 39.2 Å². The molecule has 1 aliphatic rings. The number of anilines is 1. The Morgan fingerprint density at radius 3 is 3.11 bits per heavy atom. The zero-order valence-corrected chi connectivity index (χ0v) is 11.1. The fourth-order valence-electron chi connectivity index (χ4n) is 2.47. The molecule has 1 fully saturated rings. The smallest absolute Gasteiger partial charge is 0.171 e. The lowest BCUT2D eigenvalue weighted by atomic mass is 9.99. The summed E-state index contributed by atoms with van der Waals surface area (Å²) in [4.78, 5) is 18.2. The van der Waals surface area contributed by atoms with Crippen molar-refractivity contribution in [2.24, 2.45) is 0 Å². The van der Waals surface area contributed by atoms with Crippen LogP contribution in [-0.4, -0.2) is 30.0 Å². The normalized spacial score (nSPS) is 19.7. The molecule has 1 aliphatic heterocycles. The molecular formula is C14H20N2O2. The summed E-state index contributed by atoms with van der Waals surface area (Å²) in [6.45, 7) is 5.10. The van der Waals surface area contributed by atoms with Gasteiger partial charge in [-0.3, -0.25) is 4.79 Å². The van der Waals surface area contributed by atoms with Gasteiger partial charge in [0, 0.05) is 12.7 Å². The molecule has 1 aromatic heterocycles. The molecule has 18 heavy (non-hydrogen) atoms. The fourth-order valence-corrected chi connectivity index (χ4v) is 2.47. The summed E-state index contributed by atoms with van der Waals surface area (Å²) in [7, 11) is 0. The van der Waals surface area contributed by atoms with E-state index in [0.717, 1.165) is 37.4 Å². The number of ether oxygens (including phenoxy) is 1. The van der Waals surface area contributed by atoms with Gasteiger partial charge in [-0.1, -0.05) is 0 Å². The van der Waals surface area contributed by atoms with Gasteiger partial charge in [-0.15, -0.1) is 0 Å². The van der Waals surface area contributed by atoms with E-state index in [1.54, 1.807) is 13.1 Å². The van der Waals surface area contributed by atoms with Crippen molar-refractivity contribution in [1.82, 2.24) is 4.98 Å². The monoisotopic (exact) mass is 248 g/mol. The predicted molar refractivity (Wildman–Crippen MR) is 71.1 cm³/mol. The van der Waals surface area contributed by atoms with Crippen LogP contribution in [0, 0.1) is 0 Å². The molecule has 0 saturated carbocycles. The van der Waals surface area contributed by atoms with Gasteiger partial charge in [0.1, 0.15) is 0 Å². The largest absolute Gasteiger partial charge is 0.490 e. The summed E-state index contributed by atoms with van der Waals surface area (Å²) in [6, 6.07) is 3.73. The van der Waals surface area contributed by atoms with Crippen LogP contribution >= 0.6 is 0 Å². The van der Waals surface area contributed by atoms with Crippen molar-refractivity contribution in [3.05, 3.63) is 18.3 Å². The molecule has 0 amide bonds. The molecular weight excluding hydrogens is 228 g/mol. The average molecular weight is 248 g/mol. The highest BCUT2D eigenvalue weighted by Gasteiger charge is 2.28. The summed E-state index contributed by atoms with van der Waals surface area (Å²) >= 11 is 0. The van der Waals surface area contributed by atoms with E-state index in [-0.39, 0.29) is 11.8 Å². The molecule has 1 aromatic rings. The number of ketones is 1. The van der Waals surface area contributed by atoms with Crippen LogP contribution in [-0.2, 0) is 4.79 Å². The minimum absolute atomic E-state index is 0.0483. The van der Waals surface area contributed by atoms with Crippen LogP contribution in [0.15, 0.2) is 18.3 Å². The lowest BCUT2D eigenvalue weighted by Crippen LogP contribution is -2.44. The molecule has 0 aliphatic carbocycles. The summed E-state index contributed by atoms with van der Waals surface area (Å²) in [5.41, 5.74) is 0. The highest BCUT2D eigenvalue weighted by Crippen LogP contribution is 2.31. The molecule has 0 bridgehead atoms. The third-order valence-corrected chi connectivity index (χ3v) is 3.29. The van der Waals surface area contributed by atoms with E-state index in [9.17, 15) is 4.79 Å². The van der Waals surface area contributed by atoms with Gasteiger partial charge in [0.2, 0.25) is 0 Å². The predicted octanol–water partition coefficient (Wildman–Crippen LogP) is 2.43. The molecule has 0 spiro atoms. The molecule has 2 heterocycles. The van der Waals surface area contributed by atoms with Crippen LogP contribution in [0.1, 0.15) is 33.1 Å². The molecule has 0 N–H and O–H groups in total. The van der Waals surface area contributed by atoms with Crippen LogP contribution in [0.2, 0.25) is 0 Å². The lowest BCUT2D eigenvalue weighted by Gasteiger charge is -2.35. The van der Waals surface area contributed by atoms with Crippen LogP contribution in [0.5, 0.6) is 5.75 Å². The Labute approximate surface area is 108 Å². The Morgan fingerprint density at radius 2 is 2.39 bits per heavy atom. The lowest BCUT2D eigenvalue weighted by molar-refractivity contribution is -0.118. The van der Waals surface area contributed by atoms with Gasteiger partial charge in [-0.25, -0.2) is 4.98 Å². The van der Waals surface area contributed by atoms with E-state index in [1.165, 1.54) is 0 Å². The minimum atomic E-state index is -0.0483. The summed E-state index contributed by atoms with van der Waals surface area (Å²) in [5, 5.41) is 0. The Bertz CT molecular complexity index is 420. The maximum Gasteiger partial charge on any atom is 0.171 e. The molecule has 1 unspecified atom stereocenters. The first-order valence-electron chi connectivity index (χ1n) is 6.59. The van der Waals surface area contributed by atoms with Crippen molar-refractivity contribution in [1.29, 1.82) is 0 Å². The molecule has 4 heteroatoms. The number of carbonyl (C=O) groups excluding carboxylic acids is 1. The summed E-state index contributed by atoms with van der Waals surface area (Å²) in [5.74, 6) is 1.79. The third kappa shape index (κ3) is 2.63. The maximum atomic E-state index is 11.7. The average Bonchev–Trinajstić information content (AvgIpc) is 2.40. The molecule has 1 saturated heterocycles. The number of piperidine rings is 1. The van der Waals surface area contributed by atoms with E-state index < -0.39 is 0 Å². The Balaban J connectivity index is 2.30. The SMILES string of the molecule is CCOc1cccnc1N1CCCCC1C(C)=O. The second-order valence-corrected chi connectivity index (χ2v) is 4.57. The second kappa shape index (κ2) is 5.85. The first kappa shape index (κ1) is 12.9. The Kier molecular flexibility index (Phi) is 4.18. The van der Waals surface area contributed by atoms with E-state index >= 15 is 0 Å². The van der Waals surface area contributed by atoms with Crippen molar-refractivity contribution >= 4 is 11.6 Å². The number of Topliss-reactive ketones (excluding diaryl/α,β-unsaturated/α-hetero) is 1. The first-order chi connectivity index (χ1) is 8.74. The molecule has 2 rings (SSSR count). The molecule has 4 nitrogen and oxygen atoms in total. The topological polar surface area (TPSA) is 42.4 Å². The Morgan fingerprint density at radius 1 is 1.56 bits per heavy atom. The standard InChI is InChI=1S/C14H20N2O2/c1-3-18-13-8-6-9-15-14(13)16-10-5-4-7-12(16)11(2)17/h6,8-9,12H,3-5,7,10H2,1-2H3. The van der Waals surface area contributed by atoms with Crippen LogP contribution in [0.3, 0.4) is 0 Å². The second-order valence-electron chi connectivity index (χ2n) is 4.57. The first-order valence-corrected chi connectivity index (χ1v) is 6.59.